The van der Waals surface area contributed by atoms with Gasteiger partial charge in [-0.25, -0.2) is 0 Å². The minimum atomic E-state index is 0.639. The zero-order valence-electron chi connectivity index (χ0n) is 12.5. The van der Waals surface area contributed by atoms with Crippen molar-refractivity contribution in [3.05, 3.63) is 51.7 Å². The molecule has 7 heteroatoms. The molecule has 0 aliphatic carbocycles. The first-order valence-corrected chi connectivity index (χ1v) is 9.00. The van der Waals surface area contributed by atoms with Gasteiger partial charge in [0.25, 0.3) is 0 Å². The Bertz CT molecular complexity index is 927. The number of ether oxygens (including phenoxy) is 1. The van der Waals surface area contributed by atoms with Gasteiger partial charge >= 0.3 is 0 Å². The lowest BCUT2D eigenvalue weighted by molar-refractivity contribution is 0.340. The first kappa shape index (κ1) is 14.3. The molecule has 0 saturated heterocycles. The Balaban J connectivity index is 1.70. The SMILES string of the molecule is CCOc1cccc(-c2nnc3sc(Cc4cccs4)nn23)c1. The van der Waals surface area contributed by atoms with Crippen LogP contribution in [0.15, 0.2) is 41.8 Å². The highest BCUT2D eigenvalue weighted by Crippen LogP contribution is 2.26. The predicted molar refractivity (Wildman–Crippen MR) is 92.4 cm³/mol. The van der Waals surface area contributed by atoms with Crippen LogP contribution in [-0.2, 0) is 6.42 Å². The Hall–Kier alpha value is -2.25. The number of hydrogen-bond donors (Lipinski definition) is 0. The number of rotatable bonds is 5. The molecule has 4 aromatic rings. The van der Waals surface area contributed by atoms with Gasteiger partial charge in [0.1, 0.15) is 10.8 Å². The van der Waals surface area contributed by atoms with Crippen LogP contribution in [0, 0.1) is 0 Å². The third-order valence-electron chi connectivity index (χ3n) is 3.34. The summed E-state index contributed by atoms with van der Waals surface area (Å²) in [5.74, 6) is 1.58. The molecule has 0 atom stereocenters. The molecule has 0 spiro atoms. The smallest absolute Gasteiger partial charge is 0.234 e. The highest BCUT2D eigenvalue weighted by molar-refractivity contribution is 7.17. The second-order valence-corrected chi connectivity index (χ2v) is 7.00. The molecule has 0 aliphatic rings. The van der Waals surface area contributed by atoms with Gasteiger partial charge in [0, 0.05) is 16.9 Å². The van der Waals surface area contributed by atoms with Crippen molar-refractivity contribution in [1.82, 2.24) is 19.8 Å². The Kier molecular flexibility index (Phi) is 3.80. The Labute approximate surface area is 141 Å². The van der Waals surface area contributed by atoms with Gasteiger partial charge in [0.2, 0.25) is 4.96 Å². The van der Waals surface area contributed by atoms with Crippen molar-refractivity contribution in [2.24, 2.45) is 0 Å². The zero-order valence-corrected chi connectivity index (χ0v) is 14.1. The van der Waals surface area contributed by atoms with Crippen LogP contribution >= 0.6 is 22.7 Å². The van der Waals surface area contributed by atoms with Crippen molar-refractivity contribution in [3.8, 4) is 17.1 Å². The highest BCUT2D eigenvalue weighted by Gasteiger charge is 2.14. The van der Waals surface area contributed by atoms with Gasteiger partial charge in [-0.2, -0.15) is 9.61 Å². The lowest BCUT2D eigenvalue weighted by Crippen LogP contribution is -1.95. The average Bonchev–Trinajstić information content (AvgIpc) is 3.25. The summed E-state index contributed by atoms with van der Waals surface area (Å²) in [5.41, 5.74) is 0.955. The molecule has 0 amide bonds. The van der Waals surface area contributed by atoms with Crippen LogP contribution in [0.2, 0.25) is 0 Å². The van der Waals surface area contributed by atoms with Crippen LogP contribution < -0.4 is 4.74 Å². The van der Waals surface area contributed by atoms with Crippen molar-refractivity contribution in [2.75, 3.05) is 6.61 Å². The molecule has 116 valence electrons. The van der Waals surface area contributed by atoms with Gasteiger partial charge in [-0.15, -0.1) is 21.5 Å². The molecule has 3 heterocycles. The van der Waals surface area contributed by atoms with Crippen LogP contribution in [0.25, 0.3) is 16.3 Å². The molecule has 3 aromatic heterocycles. The number of fused-ring (bicyclic) bond motifs is 1. The molecule has 23 heavy (non-hydrogen) atoms. The molecule has 0 N–H and O–H groups in total. The summed E-state index contributed by atoms with van der Waals surface area (Å²) >= 11 is 3.32. The Morgan fingerprint density at radius 1 is 1.17 bits per heavy atom. The lowest BCUT2D eigenvalue weighted by Gasteiger charge is -2.04. The summed E-state index contributed by atoms with van der Waals surface area (Å²) in [6.07, 6.45) is 0.837. The topological polar surface area (TPSA) is 52.3 Å². The van der Waals surface area contributed by atoms with Crippen LogP contribution in [-0.4, -0.2) is 26.4 Å². The molecule has 0 fully saturated rings. The molecule has 0 radical (unpaired) electrons. The summed E-state index contributed by atoms with van der Waals surface area (Å²) in [4.78, 5) is 2.11. The largest absolute Gasteiger partial charge is 0.494 e. The number of thiophene rings is 1. The summed E-state index contributed by atoms with van der Waals surface area (Å²) in [5, 5.41) is 16.3. The molecule has 0 aliphatic heterocycles. The molecular weight excluding hydrogens is 328 g/mol. The maximum atomic E-state index is 5.56. The van der Waals surface area contributed by atoms with E-state index in [0.717, 1.165) is 33.5 Å². The first-order valence-electron chi connectivity index (χ1n) is 7.30. The van der Waals surface area contributed by atoms with E-state index in [2.05, 4.69) is 32.8 Å². The second-order valence-electron chi connectivity index (χ2n) is 4.93. The van der Waals surface area contributed by atoms with Crippen LogP contribution in [0.3, 0.4) is 0 Å². The number of hydrogen-bond acceptors (Lipinski definition) is 6. The van der Waals surface area contributed by atoms with E-state index >= 15 is 0 Å². The molecule has 4 rings (SSSR count). The highest BCUT2D eigenvalue weighted by atomic mass is 32.1. The average molecular weight is 342 g/mol. The number of aromatic nitrogens is 4. The standard InChI is InChI=1S/C16H14N4OS2/c1-2-21-12-6-3-5-11(9-12)15-17-18-16-20(15)19-14(23-16)10-13-7-4-8-22-13/h3-9H,2,10H2,1H3. The fourth-order valence-electron chi connectivity index (χ4n) is 2.36. The van der Waals surface area contributed by atoms with E-state index in [0.29, 0.717) is 6.61 Å². The van der Waals surface area contributed by atoms with Gasteiger partial charge in [-0.05, 0) is 30.5 Å². The maximum absolute atomic E-state index is 5.56. The van der Waals surface area contributed by atoms with Gasteiger partial charge < -0.3 is 4.74 Å². The Morgan fingerprint density at radius 2 is 2.13 bits per heavy atom. The molecule has 0 unspecified atom stereocenters. The minimum absolute atomic E-state index is 0.639. The van der Waals surface area contributed by atoms with Crippen LogP contribution in [0.4, 0.5) is 0 Å². The summed E-state index contributed by atoms with van der Waals surface area (Å²) < 4.78 is 7.38. The normalized spacial score (nSPS) is 11.2. The molecule has 0 saturated carbocycles. The van der Waals surface area contributed by atoms with Crippen LogP contribution in [0.1, 0.15) is 16.8 Å². The maximum Gasteiger partial charge on any atom is 0.234 e. The van der Waals surface area contributed by atoms with E-state index in [4.69, 9.17) is 4.74 Å². The van der Waals surface area contributed by atoms with E-state index in [1.165, 1.54) is 4.88 Å². The monoisotopic (exact) mass is 342 g/mol. The van der Waals surface area contributed by atoms with E-state index in [9.17, 15) is 0 Å². The van der Waals surface area contributed by atoms with Gasteiger partial charge in [-0.3, -0.25) is 0 Å². The van der Waals surface area contributed by atoms with Crippen molar-refractivity contribution in [2.45, 2.75) is 13.3 Å². The third-order valence-corrected chi connectivity index (χ3v) is 5.12. The molecule has 5 nitrogen and oxygen atoms in total. The lowest BCUT2D eigenvalue weighted by atomic mass is 10.2. The van der Waals surface area contributed by atoms with Crippen LogP contribution in [0.5, 0.6) is 5.75 Å². The minimum Gasteiger partial charge on any atom is -0.494 e. The van der Waals surface area contributed by atoms with E-state index in [-0.39, 0.29) is 0 Å². The van der Waals surface area contributed by atoms with E-state index in [1.807, 2.05) is 35.7 Å². The fourth-order valence-corrected chi connectivity index (χ4v) is 4.02. The molecule has 1 aromatic carbocycles. The molecule has 0 bridgehead atoms. The predicted octanol–water partition coefficient (Wildman–Crippen LogP) is 3.90. The first-order chi connectivity index (χ1) is 11.3. The Morgan fingerprint density at radius 3 is 2.96 bits per heavy atom. The number of nitrogens with zero attached hydrogens (tertiary/aromatic N) is 4. The van der Waals surface area contributed by atoms with Crippen molar-refractivity contribution < 1.29 is 4.74 Å². The third kappa shape index (κ3) is 2.85. The van der Waals surface area contributed by atoms with Crippen molar-refractivity contribution in [1.29, 1.82) is 0 Å². The van der Waals surface area contributed by atoms with Crippen molar-refractivity contribution in [3.63, 3.8) is 0 Å². The van der Waals surface area contributed by atoms with Gasteiger partial charge in [-0.1, -0.05) is 29.5 Å². The van der Waals surface area contributed by atoms with Gasteiger partial charge in [0.15, 0.2) is 5.82 Å². The molecular formula is C16H14N4OS2. The fraction of sp³-hybridized carbons (Fsp3) is 0.188. The zero-order chi connectivity index (χ0) is 15.6. The van der Waals surface area contributed by atoms with E-state index in [1.54, 1.807) is 22.7 Å². The van der Waals surface area contributed by atoms with E-state index < -0.39 is 0 Å². The summed E-state index contributed by atoms with van der Waals surface area (Å²) in [6.45, 7) is 2.61. The van der Waals surface area contributed by atoms with Crippen molar-refractivity contribution >= 4 is 27.6 Å². The van der Waals surface area contributed by atoms with Gasteiger partial charge in [0.05, 0.1) is 6.61 Å². The second kappa shape index (κ2) is 6.10. The summed E-state index contributed by atoms with van der Waals surface area (Å²) in [7, 11) is 0. The quantitative estimate of drug-likeness (QED) is 0.552. The summed E-state index contributed by atoms with van der Waals surface area (Å²) in [6, 6.07) is 12.1. The number of benzene rings is 1.